The largest absolute Gasteiger partial charge is 0.477 e. The van der Waals surface area contributed by atoms with Crippen LogP contribution in [0.5, 0.6) is 0 Å². The number of nitrogens with zero attached hydrogens (tertiary/aromatic N) is 3. The Morgan fingerprint density at radius 2 is 1.73 bits per heavy atom. The third kappa shape index (κ3) is 6.54. The molecule has 0 radical (unpaired) electrons. The van der Waals surface area contributed by atoms with Crippen molar-refractivity contribution >= 4 is 38.4 Å². The van der Waals surface area contributed by atoms with Crippen molar-refractivity contribution in [1.29, 1.82) is 0 Å². The fourth-order valence-electron chi connectivity index (χ4n) is 4.74. The first-order valence-electron chi connectivity index (χ1n) is 13.4. The van der Waals surface area contributed by atoms with Crippen molar-refractivity contribution in [3.8, 4) is 0 Å². The number of aromatic nitrogens is 1. The molecule has 1 fully saturated rings. The monoisotopic (exact) mass is 584 g/mol. The highest BCUT2D eigenvalue weighted by Crippen LogP contribution is 2.30. The zero-order chi connectivity index (χ0) is 29.0. The van der Waals surface area contributed by atoms with Gasteiger partial charge >= 0.3 is 5.97 Å². The molecule has 0 unspecified atom stereocenters. The first-order valence-corrected chi connectivity index (χ1v) is 15.7. The van der Waals surface area contributed by atoms with Gasteiger partial charge in [-0.05, 0) is 48.1 Å². The summed E-state index contributed by atoms with van der Waals surface area (Å²) in [6.45, 7) is 8.56. The van der Waals surface area contributed by atoms with Gasteiger partial charge in [-0.3, -0.25) is 4.79 Å². The van der Waals surface area contributed by atoms with Gasteiger partial charge in [0, 0.05) is 26.2 Å². The molecule has 0 saturated carbocycles. The van der Waals surface area contributed by atoms with Gasteiger partial charge in [-0.25, -0.2) is 18.2 Å². The van der Waals surface area contributed by atoms with E-state index in [4.69, 9.17) is 0 Å². The maximum Gasteiger partial charge on any atom is 0.347 e. The van der Waals surface area contributed by atoms with Crippen molar-refractivity contribution in [2.24, 2.45) is 0 Å². The van der Waals surface area contributed by atoms with Crippen molar-refractivity contribution in [1.82, 2.24) is 14.6 Å². The van der Waals surface area contributed by atoms with Gasteiger partial charge in [0.15, 0.2) is 5.13 Å². The maximum absolute atomic E-state index is 13.8. The van der Waals surface area contributed by atoms with Crippen LogP contribution in [0.25, 0.3) is 0 Å². The average molecular weight is 585 g/mol. The molecule has 2 heterocycles. The molecule has 4 rings (SSSR count). The number of piperazine rings is 1. The lowest BCUT2D eigenvalue weighted by Gasteiger charge is -2.39. The number of rotatable bonds is 10. The first-order chi connectivity index (χ1) is 19.0. The molecule has 1 aliphatic rings. The number of aromatic carboxylic acids is 1. The van der Waals surface area contributed by atoms with Gasteiger partial charge in [-0.1, -0.05) is 74.9 Å². The Balaban J connectivity index is 1.59. The minimum atomic E-state index is -3.97. The summed E-state index contributed by atoms with van der Waals surface area (Å²) < 4.78 is 28.8. The van der Waals surface area contributed by atoms with Crippen LogP contribution in [0.3, 0.4) is 0 Å². The lowest BCUT2D eigenvalue weighted by molar-refractivity contribution is -0.125. The zero-order valence-corrected chi connectivity index (χ0v) is 24.9. The number of carboxylic acids is 1. The lowest BCUT2D eigenvalue weighted by Crippen LogP contribution is -2.60. The van der Waals surface area contributed by atoms with Crippen LogP contribution in [0.2, 0.25) is 0 Å². The molecule has 0 bridgehead atoms. The molecular formula is C29H36N4O5S2. The minimum absolute atomic E-state index is 0.0529. The van der Waals surface area contributed by atoms with Gasteiger partial charge in [-0.2, -0.15) is 4.31 Å². The number of carbonyl (C=O) groups excluding carboxylic acids is 1. The number of aryl methyl sites for hydroxylation is 2. The van der Waals surface area contributed by atoms with Gasteiger partial charge in [0.05, 0.1) is 10.6 Å². The van der Waals surface area contributed by atoms with Gasteiger partial charge in [0.2, 0.25) is 15.9 Å². The number of hydrogen-bond donors (Lipinski definition) is 2. The summed E-state index contributed by atoms with van der Waals surface area (Å²) in [6.07, 6.45) is 1.81. The third-order valence-corrected chi connectivity index (χ3v) is 10.2. The number of benzene rings is 2. The molecule has 2 N–H and O–H groups in total. The summed E-state index contributed by atoms with van der Waals surface area (Å²) in [5, 5.41) is 12.8. The zero-order valence-electron chi connectivity index (χ0n) is 23.3. The molecule has 214 valence electrons. The fourth-order valence-corrected chi connectivity index (χ4v) is 7.25. The summed E-state index contributed by atoms with van der Waals surface area (Å²) in [4.78, 5) is 31.6. The van der Waals surface area contributed by atoms with E-state index in [1.807, 2.05) is 36.4 Å². The lowest BCUT2D eigenvalue weighted by atomic mass is 10.0. The van der Waals surface area contributed by atoms with Crippen molar-refractivity contribution in [2.75, 3.05) is 24.5 Å². The summed E-state index contributed by atoms with van der Waals surface area (Å²) in [6, 6.07) is 13.8. The molecule has 3 aromatic rings. The van der Waals surface area contributed by atoms with Crippen molar-refractivity contribution in [2.45, 2.75) is 63.9 Å². The van der Waals surface area contributed by atoms with Gasteiger partial charge in [0.1, 0.15) is 10.9 Å². The topological polar surface area (TPSA) is 120 Å². The Kier molecular flexibility index (Phi) is 9.27. The van der Waals surface area contributed by atoms with Crippen molar-refractivity contribution in [3.05, 3.63) is 75.8 Å². The van der Waals surface area contributed by atoms with Crippen LogP contribution in [-0.2, 0) is 27.8 Å². The minimum Gasteiger partial charge on any atom is -0.477 e. The molecule has 9 nitrogen and oxygen atoms in total. The second kappa shape index (κ2) is 12.5. The van der Waals surface area contributed by atoms with E-state index in [1.165, 1.54) is 9.87 Å². The van der Waals surface area contributed by atoms with Crippen LogP contribution < -0.4 is 10.2 Å². The van der Waals surface area contributed by atoms with Crippen LogP contribution in [0.4, 0.5) is 5.13 Å². The molecule has 1 aliphatic heterocycles. The van der Waals surface area contributed by atoms with Crippen LogP contribution >= 0.6 is 11.3 Å². The summed E-state index contributed by atoms with van der Waals surface area (Å²) >= 11 is 1.03. The Labute approximate surface area is 239 Å². The molecule has 1 saturated heterocycles. The molecule has 0 spiro atoms. The third-order valence-electron chi connectivity index (χ3n) is 7.07. The quantitative estimate of drug-likeness (QED) is 0.362. The van der Waals surface area contributed by atoms with Gasteiger partial charge in [0.25, 0.3) is 0 Å². The number of hydrogen-bond acceptors (Lipinski definition) is 7. The SMILES string of the molecule is CCCc1ccc(S(=O)(=O)N2CCN(c3nc(C)c(C(=O)O)s3)C[C@@H]2C(=O)NCc2ccc(C(C)C)cc2)cc1. The predicted octanol–water partition coefficient (Wildman–Crippen LogP) is 4.42. The fraction of sp³-hybridized carbons (Fsp3) is 0.414. The second-order valence-electron chi connectivity index (χ2n) is 10.3. The number of nitrogens with one attached hydrogen (secondary N) is 1. The van der Waals surface area contributed by atoms with Crippen LogP contribution in [0.15, 0.2) is 53.4 Å². The summed E-state index contributed by atoms with van der Waals surface area (Å²) in [5.74, 6) is -1.09. The van der Waals surface area contributed by atoms with Gasteiger partial charge < -0.3 is 15.3 Å². The van der Waals surface area contributed by atoms with Crippen LogP contribution in [0.1, 0.15) is 65.2 Å². The Hall–Kier alpha value is -3.28. The highest BCUT2D eigenvalue weighted by molar-refractivity contribution is 7.89. The Morgan fingerprint density at radius 3 is 2.30 bits per heavy atom. The highest BCUT2D eigenvalue weighted by atomic mass is 32.2. The number of sulfonamides is 1. The number of thiazole rings is 1. The van der Waals surface area contributed by atoms with E-state index in [2.05, 4.69) is 31.1 Å². The molecule has 11 heteroatoms. The van der Waals surface area contributed by atoms with Gasteiger partial charge in [-0.15, -0.1) is 0 Å². The second-order valence-corrected chi connectivity index (χ2v) is 13.2. The van der Waals surface area contributed by atoms with E-state index in [-0.39, 0.29) is 36.0 Å². The molecule has 2 aromatic carbocycles. The van der Waals surface area contributed by atoms with Crippen LogP contribution in [0, 0.1) is 6.92 Å². The van der Waals surface area contributed by atoms with Crippen LogP contribution in [-0.4, -0.2) is 60.4 Å². The molecular weight excluding hydrogens is 548 g/mol. The summed E-state index contributed by atoms with van der Waals surface area (Å²) in [7, 11) is -3.97. The van der Waals surface area contributed by atoms with E-state index in [1.54, 1.807) is 24.0 Å². The highest BCUT2D eigenvalue weighted by Gasteiger charge is 2.41. The number of carbonyl (C=O) groups is 2. The molecule has 0 aliphatic carbocycles. The van der Waals surface area contributed by atoms with E-state index in [0.29, 0.717) is 16.7 Å². The molecule has 1 aromatic heterocycles. The predicted molar refractivity (Wildman–Crippen MR) is 157 cm³/mol. The van der Waals surface area contributed by atoms with Crippen molar-refractivity contribution < 1.29 is 23.1 Å². The number of anilines is 1. The van der Waals surface area contributed by atoms with E-state index in [9.17, 15) is 23.1 Å². The Bertz CT molecular complexity index is 1450. The number of amides is 1. The number of carboxylic acid groups (broad SMARTS) is 1. The van der Waals surface area contributed by atoms with Crippen molar-refractivity contribution in [3.63, 3.8) is 0 Å². The van der Waals surface area contributed by atoms with E-state index in [0.717, 1.165) is 35.3 Å². The average Bonchev–Trinajstić information content (AvgIpc) is 3.34. The van der Waals surface area contributed by atoms with E-state index < -0.39 is 27.9 Å². The maximum atomic E-state index is 13.8. The molecule has 1 amide bonds. The standard InChI is InChI=1S/C29H36N4O5S2/c1-5-6-21-9-13-24(14-10-21)40(37,38)33-16-15-32(29-31-20(4)26(39-29)28(35)36)18-25(33)27(34)30-17-22-7-11-23(12-8-22)19(2)3/h7-14,19,25H,5-6,15-18H2,1-4H3,(H,30,34)(H,35,36)/t25-/m1/s1. The Morgan fingerprint density at radius 1 is 1.07 bits per heavy atom. The molecule has 40 heavy (non-hydrogen) atoms. The van der Waals surface area contributed by atoms with E-state index >= 15 is 0 Å². The smallest absolute Gasteiger partial charge is 0.347 e. The first kappa shape index (κ1) is 29.7. The summed E-state index contributed by atoms with van der Waals surface area (Å²) in [5.41, 5.74) is 3.55. The molecule has 1 atom stereocenters. The normalized spacial score (nSPS) is 16.3.